The van der Waals surface area contributed by atoms with E-state index in [1.54, 1.807) is 4.90 Å². The number of amides is 4. The molecule has 2 aliphatic heterocycles. The van der Waals surface area contributed by atoms with E-state index >= 15 is 0 Å². The van der Waals surface area contributed by atoms with Gasteiger partial charge >= 0.3 is 12.2 Å². The van der Waals surface area contributed by atoms with Crippen LogP contribution in [0.3, 0.4) is 0 Å². The molecule has 0 unspecified atom stereocenters. The van der Waals surface area contributed by atoms with Gasteiger partial charge in [-0.25, -0.2) is 19.6 Å². The molecule has 0 aliphatic carbocycles. The largest absolute Gasteiger partial charge is 0.453 e. The fraction of sp³-hybridized carbons (Fsp3) is 0.526. The van der Waals surface area contributed by atoms with Crippen LogP contribution in [-0.2, 0) is 19.1 Å². The maximum Gasteiger partial charge on any atom is 0.407 e. The molecule has 4 amide bonds. The van der Waals surface area contributed by atoms with Crippen LogP contribution in [0.25, 0.3) is 11.3 Å². The van der Waals surface area contributed by atoms with Crippen LogP contribution < -0.4 is 10.6 Å². The van der Waals surface area contributed by atoms with E-state index < -0.39 is 24.3 Å². The molecule has 5 rings (SSSR count). The van der Waals surface area contributed by atoms with E-state index in [0.29, 0.717) is 34.1 Å². The quantitative estimate of drug-likeness (QED) is 0.150. The molecule has 16 heteroatoms. The summed E-state index contributed by atoms with van der Waals surface area (Å²) in [5, 5.41) is 5.40. The highest BCUT2D eigenvalue weighted by Crippen LogP contribution is 2.38. The number of nitrogens with one attached hydrogen (secondary N) is 4. The average Bonchev–Trinajstić information content (AvgIpc) is 3.92. The number of nitrogens with zero attached hydrogens (tertiary/aromatic N) is 4. The minimum atomic E-state index is -0.720. The Labute approximate surface area is 343 Å². The molecule has 2 saturated heterocycles. The van der Waals surface area contributed by atoms with Gasteiger partial charge in [0.1, 0.15) is 36.8 Å². The fourth-order valence-electron chi connectivity index (χ4n) is 7.04. The average molecular weight is 967 g/mol. The molecule has 0 spiro atoms. The van der Waals surface area contributed by atoms with Gasteiger partial charge in [-0.2, -0.15) is 0 Å². The summed E-state index contributed by atoms with van der Waals surface area (Å²) in [5.74, 6) is 7.76. The van der Waals surface area contributed by atoms with Crippen LogP contribution in [-0.4, -0.2) is 93.1 Å². The first-order valence-electron chi connectivity index (χ1n) is 18.0. The highest BCUT2D eigenvalue weighted by molar-refractivity contribution is 14.1. The molecule has 6 atom stereocenters. The van der Waals surface area contributed by atoms with E-state index in [2.05, 4.69) is 91.5 Å². The Bertz CT molecular complexity index is 1920. The number of alkyl carbamates (subject to hydrolysis) is 2. The molecule has 3 aromatic rings. The summed E-state index contributed by atoms with van der Waals surface area (Å²) in [7, 11) is 2.57. The van der Waals surface area contributed by atoms with E-state index in [4.69, 9.17) is 19.4 Å². The first-order valence-corrected chi connectivity index (χ1v) is 20.2. The number of halogens is 2. The Morgan fingerprint density at radius 2 is 1.22 bits per heavy atom. The number of hydrogen-bond donors (Lipinski definition) is 4. The van der Waals surface area contributed by atoms with E-state index in [1.807, 2.05) is 56.9 Å². The number of aromatic nitrogens is 4. The number of ether oxygens (including phenoxy) is 2. The van der Waals surface area contributed by atoms with E-state index in [0.717, 1.165) is 33.4 Å². The van der Waals surface area contributed by atoms with Crippen LogP contribution in [0.5, 0.6) is 0 Å². The van der Waals surface area contributed by atoms with Crippen LogP contribution in [0.1, 0.15) is 89.4 Å². The number of aromatic amines is 2. The number of carbonyl (C=O) groups is 4. The summed E-state index contributed by atoms with van der Waals surface area (Å²) in [6.07, 6.45) is 0.211. The monoisotopic (exact) mass is 966 g/mol. The Hall–Kier alpha value is -3.86. The number of H-pyrrole nitrogens is 2. The van der Waals surface area contributed by atoms with Gasteiger partial charge in [0.15, 0.2) is 0 Å². The zero-order valence-electron chi connectivity index (χ0n) is 31.8. The van der Waals surface area contributed by atoms with Gasteiger partial charge in [0.05, 0.1) is 32.0 Å². The Balaban J connectivity index is 1.31. The van der Waals surface area contributed by atoms with Gasteiger partial charge in [0.2, 0.25) is 11.8 Å². The van der Waals surface area contributed by atoms with Crippen LogP contribution in [0, 0.1) is 42.9 Å². The van der Waals surface area contributed by atoms with E-state index in [9.17, 15) is 19.2 Å². The topological polar surface area (TPSA) is 175 Å². The highest BCUT2D eigenvalue weighted by atomic mass is 127. The normalized spacial score (nSPS) is 20.7. The molecule has 2 aromatic heterocycles. The van der Waals surface area contributed by atoms with Crippen molar-refractivity contribution in [3.05, 3.63) is 54.6 Å². The lowest BCUT2D eigenvalue weighted by molar-refractivity contribution is -0.136. The lowest BCUT2D eigenvalue weighted by Gasteiger charge is -2.30. The van der Waals surface area contributed by atoms with Gasteiger partial charge in [-0.1, -0.05) is 59.6 Å². The van der Waals surface area contributed by atoms with Crippen molar-refractivity contribution in [1.82, 2.24) is 40.4 Å². The Morgan fingerprint density at radius 3 is 1.69 bits per heavy atom. The van der Waals surface area contributed by atoms with Crippen LogP contribution in [0.15, 0.2) is 24.3 Å². The number of hydrogen-bond acceptors (Lipinski definition) is 8. The molecule has 2 aliphatic rings. The number of benzene rings is 1. The zero-order valence-corrected chi connectivity index (χ0v) is 36.1. The van der Waals surface area contributed by atoms with E-state index in [-0.39, 0.29) is 47.6 Å². The van der Waals surface area contributed by atoms with Gasteiger partial charge in [0.25, 0.3) is 0 Å². The first-order chi connectivity index (χ1) is 25.6. The highest BCUT2D eigenvalue weighted by Gasteiger charge is 2.42. The molecular weight excluding hydrogens is 918 g/mol. The van der Waals surface area contributed by atoms with Crippen molar-refractivity contribution in [3.8, 4) is 23.1 Å². The van der Waals surface area contributed by atoms with Crippen molar-refractivity contribution >= 4 is 69.2 Å². The second-order valence-corrected chi connectivity index (χ2v) is 16.9. The standard InChI is InChI=1S/C38H48I2N8O6/c1-19(2)28(43-37(51)53-7)35(49)47-17-21(5)15-26(47)33-41-25(31(39)45-33)14-11-23-9-12-24(13-10-23)30-32(40)46-34(42-30)27-16-22(6)18-48(27)36(50)29(20(3)4)44-38(52)54-8/h9-10,12-13,19-22,26-29H,15-18H2,1-8H3,(H,41,45)(H,42,46)(H,43,51)(H,44,52)/t21-,22-,26-,27-,28-,29-/m0/s1. The number of likely N-dealkylation sites (tertiary alicyclic amines) is 2. The maximum atomic E-state index is 13.7. The third kappa shape index (κ3) is 9.32. The lowest BCUT2D eigenvalue weighted by atomic mass is 10.0. The Morgan fingerprint density at radius 1 is 0.759 bits per heavy atom. The lowest BCUT2D eigenvalue weighted by Crippen LogP contribution is -2.51. The van der Waals surface area contributed by atoms with Gasteiger partial charge in [-0.05, 0) is 99.7 Å². The maximum absolute atomic E-state index is 13.7. The molecule has 4 N–H and O–H groups in total. The molecule has 54 heavy (non-hydrogen) atoms. The van der Waals surface area contributed by atoms with Gasteiger partial charge in [-0.3, -0.25) is 9.59 Å². The van der Waals surface area contributed by atoms with Crippen molar-refractivity contribution in [2.45, 2.75) is 78.6 Å². The molecule has 1 aromatic carbocycles. The number of imidazole rings is 2. The molecule has 290 valence electrons. The van der Waals surface area contributed by atoms with Gasteiger partial charge in [0, 0.05) is 24.2 Å². The number of rotatable bonds is 9. The SMILES string of the molecule is COC(=O)N[C@H](C(=O)N1C[C@@H](C)C[C@H]1c1nc(I)c(C#Cc2ccc(-c3[nH]c([C@@H]4C[C@H](C)CN4C(=O)[C@@H](NC(=O)OC)C(C)C)nc3I)cc2)[nH]1)C(C)C. The van der Waals surface area contributed by atoms with Crippen LogP contribution >= 0.6 is 45.2 Å². The van der Waals surface area contributed by atoms with Crippen LogP contribution in [0.4, 0.5) is 9.59 Å². The van der Waals surface area contributed by atoms with Crippen molar-refractivity contribution in [1.29, 1.82) is 0 Å². The molecule has 4 heterocycles. The first kappa shape index (κ1) is 41.3. The summed E-state index contributed by atoms with van der Waals surface area (Å²) < 4.78 is 11.0. The number of carbonyl (C=O) groups excluding carboxylic acids is 4. The zero-order chi connectivity index (χ0) is 39.4. The minimum Gasteiger partial charge on any atom is -0.453 e. The molecule has 2 fully saturated rings. The molecular formula is C38H48I2N8O6. The second kappa shape index (κ2) is 17.7. The molecule has 14 nitrogen and oxygen atoms in total. The van der Waals surface area contributed by atoms with E-state index in [1.165, 1.54) is 14.2 Å². The third-order valence-corrected chi connectivity index (χ3v) is 11.4. The van der Waals surface area contributed by atoms with Crippen LogP contribution in [0.2, 0.25) is 0 Å². The molecule has 0 bridgehead atoms. The number of methoxy groups -OCH3 is 2. The molecule has 0 radical (unpaired) electrons. The van der Waals surface area contributed by atoms with Crippen molar-refractivity contribution in [2.75, 3.05) is 27.3 Å². The van der Waals surface area contributed by atoms with Crippen molar-refractivity contribution in [2.24, 2.45) is 23.7 Å². The fourth-order valence-corrected chi connectivity index (χ4v) is 8.27. The van der Waals surface area contributed by atoms with Gasteiger partial charge in [-0.15, -0.1) is 0 Å². The van der Waals surface area contributed by atoms with Gasteiger partial charge < -0.3 is 39.9 Å². The predicted octanol–water partition coefficient (Wildman–Crippen LogP) is 5.99. The second-order valence-electron chi connectivity index (χ2n) is 14.8. The third-order valence-electron chi connectivity index (χ3n) is 9.86. The summed E-state index contributed by atoms with van der Waals surface area (Å²) >= 11 is 4.37. The summed E-state index contributed by atoms with van der Waals surface area (Å²) in [5.41, 5.74) is 3.25. The molecule has 0 saturated carbocycles. The summed E-state index contributed by atoms with van der Waals surface area (Å²) in [6.45, 7) is 12.9. The smallest absolute Gasteiger partial charge is 0.407 e. The Kier molecular flexibility index (Phi) is 13.6. The predicted molar refractivity (Wildman–Crippen MR) is 219 cm³/mol. The van der Waals surface area contributed by atoms with Crippen molar-refractivity contribution in [3.63, 3.8) is 0 Å². The van der Waals surface area contributed by atoms with Crippen molar-refractivity contribution < 1.29 is 28.7 Å². The minimum absolute atomic E-state index is 0.126. The summed E-state index contributed by atoms with van der Waals surface area (Å²) in [4.78, 5) is 71.5. The summed E-state index contributed by atoms with van der Waals surface area (Å²) in [6, 6.07) is 5.90.